The Hall–Kier alpha value is -2.93. The van der Waals surface area contributed by atoms with E-state index in [0.717, 1.165) is 16.7 Å². The fourth-order valence-corrected chi connectivity index (χ4v) is 4.07. The smallest absolute Gasteiger partial charge is 0.326 e. The van der Waals surface area contributed by atoms with E-state index in [4.69, 9.17) is 4.74 Å². The van der Waals surface area contributed by atoms with E-state index >= 15 is 0 Å². The van der Waals surface area contributed by atoms with Gasteiger partial charge in [0.15, 0.2) is 4.80 Å². The number of carboxylic acid groups (broad SMARTS) is 1. The average molecular weight is 413 g/mol. The molecule has 3 rings (SSSR count). The van der Waals surface area contributed by atoms with Crippen molar-refractivity contribution < 1.29 is 19.4 Å². The van der Waals surface area contributed by atoms with Crippen molar-refractivity contribution in [1.29, 1.82) is 0 Å². The summed E-state index contributed by atoms with van der Waals surface area (Å²) in [5, 5.41) is 9.75. The summed E-state index contributed by atoms with van der Waals surface area (Å²) >= 11 is 1.30. The van der Waals surface area contributed by atoms with Crippen LogP contribution in [0.25, 0.3) is 10.2 Å². The number of nitrogens with zero attached hydrogens (tertiary/aromatic N) is 2. The quantitative estimate of drug-likeness (QED) is 0.616. The highest BCUT2D eigenvalue weighted by atomic mass is 32.1. The standard InChI is InChI=1S/C22H24N2O4S/c1-4-12-28-16-10-11-19-18(13-16)24(17(5-2)21(26)27)22(29-19)23-20(25)15-8-6-14(3)7-9-15/h6-11,13,17H,4-5,12H2,1-3H3,(H,26,27). The highest BCUT2D eigenvalue weighted by Gasteiger charge is 2.22. The Morgan fingerprint density at radius 2 is 1.90 bits per heavy atom. The lowest BCUT2D eigenvalue weighted by atomic mass is 10.1. The minimum absolute atomic E-state index is 0.368. The molecule has 0 aliphatic carbocycles. The minimum atomic E-state index is -0.962. The van der Waals surface area contributed by atoms with Gasteiger partial charge in [-0.05, 0) is 44.0 Å². The largest absolute Gasteiger partial charge is 0.494 e. The van der Waals surface area contributed by atoms with Gasteiger partial charge in [0.1, 0.15) is 11.8 Å². The highest BCUT2D eigenvalue weighted by Crippen LogP contribution is 2.27. The summed E-state index contributed by atoms with van der Waals surface area (Å²) in [6.45, 7) is 6.35. The zero-order chi connectivity index (χ0) is 21.0. The molecule has 6 nitrogen and oxygen atoms in total. The fourth-order valence-electron chi connectivity index (χ4n) is 3.03. The van der Waals surface area contributed by atoms with Crippen LogP contribution < -0.4 is 9.54 Å². The fraction of sp³-hybridized carbons (Fsp3) is 0.318. The summed E-state index contributed by atoms with van der Waals surface area (Å²) in [6, 6.07) is 11.9. The van der Waals surface area contributed by atoms with Crippen LogP contribution in [0.15, 0.2) is 47.5 Å². The van der Waals surface area contributed by atoms with Gasteiger partial charge in [-0.1, -0.05) is 42.9 Å². The molecule has 0 aliphatic rings. The lowest BCUT2D eigenvalue weighted by Gasteiger charge is -2.14. The molecule has 2 aromatic carbocycles. The maximum absolute atomic E-state index is 12.7. The van der Waals surface area contributed by atoms with Gasteiger partial charge >= 0.3 is 5.97 Å². The molecule has 0 fully saturated rings. The molecule has 0 spiro atoms. The molecule has 0 aliphatic heterocycles. The van der Waals surface area contributed by atoms with Crippen LogP contribution in [-0.2, 0) is 4.79 Å². The first-order valence-corrected chi connectivity index (χ1v) is 10.4. The Bertz CT molecular complexity index is 1100. The lowest BCUT2D eigenvalue weighted by molar-refractivity contribution is -0.140. The Balaban J connectivity index is 2.17. The van der Waals surface area contributed by atoms with Crippen molar-refractivity contribution in [3.8, 4) is 5.75 Å². The second kappa shape index (κ2) is 9.05. The highest BCUT2D eigenvalue weighted by molar-refractivity contribution is 7.16. The summed E-state index contributed by atoms with van der Waals surface area (Å²) in [6.07, 6.45) is 1.24. The van der Waals surface area contributed by atoms with E-state index in [-0.39, 0.29) is 0 Å². The van der Waals surface area contributed by atoms with Crippen LogP contribution in [-0.4, -0.2) is 28.2 Å². The molecule has 1 unspecified atom stereocenters. The van der Waals surface area contributed by atoms with Gasteiger partial charge in [0.2, 0.25) is 0 Å². The first-order chi connectivity index (χ1) is 13.9. The maximum Gasteiger partial charge on any atom is 0.326 e. The molecule has 0 radical (unpaired) electrons. The first-order valence-electron chi connectivity index (χ1n) is 9.61. The topological polar surface area (TPSA) is 80.9 Å². The molecular weight excluding hydrogens is 388 g/mol. The van der Waals surface area contributed by atoms with E-state index < -0.39 is 17.9 Å². The number of carboxylic acids is 1. The number of carbonyl (C=O) groups excluding carboxylic acids is 1. The molecular formula is C22H24N2O4S. The summed E-state index contributed by atoms with van der Waals surface area (Å²) in [7, 11) is 0. The number of amides is 1. The number of hydrogen-bond acceptors (Lipinski definition) is 4. The van der Waals surface area contributed by atoms with Crippen molar-refractivity contribution in [3.63, 3.8) is 0 Å². The van der Waals surface area contributed by atoms with Crippen LogP contribution in [0.4, 0.5) is 0 Å². The Labute approximate surface area is 173 Å². The molecule has 1 aromatic heterocycles. The van der Waals surface area contributed by atoms with Crippen molar-refractivity contribution in [1.82, 2.24) is 4.57 Å². The third-order valence-electron chi connectivity index (χ3n) is 4.55. The Morgan fingerprint density at radius 3 is 2.52 bits per heavy atom. The number of rotatable bonds is 7. The summed E-state index contributed by atoms with van der Waals surface area (Å²) in [4.78, 5) is 29.2. The Kier molecular flexibility index (Phi) is 6.49. The number of ether oxygens (including phenoxy) is 1. The van der Waals surface area contributed by atoms with Gasteiger partial charge in [-0.25, -0.2) is 4.79 Å². The molecule has 1 N–H and O–H groups in total. The molecule has 0 saturated carbocycles. The van der Waals surface area contributed by atoms with Gasteiger partial charge < -0.3 is 14.4 Å². The van der Waals surface area contributed by atoms with E-state index in [0.29, 0.717) is 34.7 Å². The number of aliphatic carboxylic acids is 1. The van der Waals surface area contributed by atoms with Gasteiger partial charge in [-0.3, -0.25) is 4.79 Å². The van der Waals surface area contributed by atoms with Crippen molar-refractivity contribution in [3.05, 3.63) is 58.4 Å². The van der Waals surface area contributed by atoms with E-state index in [9.17, 15) is 14.7 Å². The predicted octanol–water partition coefficient (Wildman–Crippen LogP) is 4.58. The average Bonchev–Trinajstić information content (AvgIpc) is 3.04. The van der Waals surface area contributed by atoms with Crippen LogP contribution in [0.3, 0.4) is 0 Å². The van der Waals surface area contributed by atoms with Crippen LogP contribution in [0.2, 0.25) is 0 Å². The number of aryl methyl sites for hydroxylation is 1. The monoisotopic (exact) mass is 412 g/mol. The van der Waals surface area contributed by atoms with Crippen LogP contribution >= 0.6 is 11.3 Å². The van der Waals surface area contributed by atoms with Gasteiger partial charge in [0.05, 0.1) is 16.8 Å². The normalized spacial score (nSPS) is 12.9. The number of benzene rings is 2. The number of thiazole rings is 1. The molecule has 0 bridgehead atoms. The van der Waals surface area contributed by atoms with Gasteiger partial charge in [0, 0.05) is 11.6 Å². The zero-order valence-electron chi connectivity index (χ0n) is 16.7. The van der Waals surface area contributed by atoms with E-state index in [2.05, 4.69) is 4.99 Å². The minimum Gasteiger partial charge on any atom is -0.494 e. The first kappa shape index (κ1) is 20.8. The van der Waals surface area contributed by atoms with Crippen LogP contribution in [0.1, 0.15) is 48.7 Å². The molecule has 152 valence electrons. The number of fused-ring (bicyclic) bond motifs is 1. The van der Waals surface area contributed by atoms with Crippen molar-refractivity contribution >= 4 is 33.4 Å². The van der Waals surface area contributed by atoms with E-state index in [1.807, 2.05) is 44.2 Å². The Morgan fingerprint density at radius 1 is 1.17 bits per heavy atom. The number of aromatic nitrogens is 1. The summed E-state index contributed by atoms with van der Waals surface area (Å²) in [5.74, 6) is -0.688. The van der Waals surface area contributed by atoms with Gasteiger partial charge in [-0.15, -0.1) is 0 Å². The SMILES string of the molecule is CCCOc1ccc2sc(=NC(=O)c3ccc(C)cc3)n(C(CC)C(=O)O)c2c1. The molecule has 1 heterocycles. The molecule has 1 atom stereocenters. The molecule has 1 amide bonds. The summed E-state index contributed by atoms with van der Waals surface area (Å²) < 4.78 is 8.19. The van der Waals surface area contributed by atoms with Gasteiger partial charge in [0.25, 0.3) is 5.91 Å². The molecule has 3 aromatic rings. The molecule has 0 saturated heterocycles. The number of hydrogen-bond donors (Lipinski definition) is 1. The predicted molar refractivity (Wildman–Crippen MR) is 114 cm³/mol. The van der Waals surface area contributed by atoms with Crippen LogP contribution in [0, 0.1) is 6.92 Å². The molecule has 29 heavy (non-hydrogen) atoms. The van der Waals surface area contributed by atoms with Gasteiger partial charge in [-0.2, -0.15) is 4.99 Å². The van der Waals surface area contributed by atoms with E-state index in [1.54, 1.807) is 23.6 Å². The van der Waals surface area contributed by atoms with E-state index in [1.165, 1.54) is 11.3 Å². The molecule has 7 heteroatoms. The van der Waals surface area contributed by atoms with Crippen molar-refractivity contribution in [2.24, 2.45) is 4.99 Å². The summed E-state index contributed by atoms with van der Waals surface area (Å²) in [5.41, 5.74) is 2.22. The van der Waals surface area contributed by atoms with Crippen molar-refractivity contribution in [2.45, 2.75) is 39.7 Å². The lowest BCUT2D eigenvalue weighted by Crippen LogP contribution is -2.27. The third kappa shape index (κ3) is 4.56. The second-order valence-electron chi connectivity index (χ2n) is 6.78. The second-order valence-corrected chi connectivity index (χ2v) is 7.79. The van der Waals surface area contributed by atoms with Crippen molar-refractivity contribution in [2.75, 3.05) is 6.61 Å². The van der Waals surface area contributed by atoms with Crippen LogP contribution in [0.5, 0.6) is 5.75 Å². The number of carbonyl (C=O) groups is 2. The maximum atomic E-state index is 12.7. The zero-order valence-corrected chi connectivity index (χ0v) is 17.5. The third-order valence-corrected chi connectivity index (χ3v) is 5.58.